The van der Waals surface area contributed by atoms with Gasteiger partial charge in [0.25, 0.3) is 0 Å². The number of rotatable bonds is 4. The molecule has 0 fully saturated rings. The fraction of sp³-hybridized carbons (Fsp3) is 0.875. The summed E-state index contributed by atoms with van der Waals surface area (Å²) < 4.78 is 0. The van der Waals surface area contributed by atoms with Crippen molar-refractivity contribution in [1.82, 2.24) is 9.80 Å². The van der Waals surface area contributed by atoms with Crippen molar-refractivity contribution in [2.24, 2.45) is 5.92 Å². The summed E-state index contributed by atoms with van der Waals surface area (Å²) >= 11 is 0. The topological polar surface area (TPSA) is 6.48 Å². The van der Waals surface area contributed by atoms with E-state index in [0.29, 0.717) is 5.92 Å². The van der Waals surface area contributed by atoms with Crippen LogP contribution in [0.25, 0.3) is 0 Å². The van der Waals surface area contributed by atoms with E-state index in [1.807, 2.05) is 0 Å². The summed E-state index contributed by atoms with van der Waals surface area (Å²) in [5, 5.41) is 0. The van der Waals surface area contributed by atoms with E-state index < -0.39 is 0 Å². The Bertz CT molecular complexity index is 74.2. The molecule has 0 saturated heterocycles. The maximum Gasteiger partial charge on any atom is 1.00 e. The van der Waals surface area contributed by atoms with Crippen LogP contribution < -0.4 is 18.9 Å². The third-order valence-electron chi connectivity index (χ3n) is 1.25. The summed E-state index contributed by atoms with van der Waals surface area (Å²) in [7, 11) is 8.31. The third-order valence-corrected chi connectivity index (χ3v) is 1.25. The molecule has 0 atom stereocenters. The summed E-state index contributed by atoms with van der Waals surface area (Å²) in [5.74, 6) is 0.519. The summed E-state index contributed by atoms with van der Waals surface area (Å²) in [4.78, 5) is 4.34. The van der Waals surface area contributed by atoms with Gasteiger partial charge in [0, 0.05) is 0 Å². The molecule has 0 aromatic rings. The van der Waals surface area contributed by atoms with E-state index in [-0.39, 0.29) is 18.9 Å². The molecular formula is C8H19LiN2. The van der Waals surface area contributed by atoms with Gasteiger partial charge in [0.15, 0.2) is 0 Å². The maximum absolute atomic E-state index is 4.04. The fourth-order valence-electron chi connectivity index (χ4n) is 1.09. The van der Waals surface area contributed by atoms with Gasteiger partial charge in [-0.1, -0.05) is 0 Å². The first-order valence-electron chi connectivity index (χ1n) is 3.65. The van der Waals surface area contributed by atoms with Gasteiger partial charge in [0.2, 0.25) is 0 Å². The average Bonchev–Trinajstić information content (AvgIpc) is 1.58. The van der Waals surface area contributed by atoms with E-state index in [1.54, 1.807) is 0 Å². The van der Waals surface area contributed by atoms with Crippen LogP contribution in [0.2, 0.25) is 0 Å². The molecule has 0 aliphatic rings. The first kappa shape index (κ1) is 14.1. The van der Waals surface area contributed by atoms with Gasteiger partial charge in [-0.05, 0) is 41.3 Å². The molecule has 0 aromatic carbocycles. The van der Waals surface area contributed by atoms with E-state index in [0.717, 1.165) is 13.1 Å². The standard InChI is InChI=1S/C8H19N2.Li/c1-8(6-9(2)3)7-10(4)5;/h8H,1,6-7H2,2-5H3;/q-1;+1. The monoisotopic (exact) mass is 150 g/mol. The van der Waals surface area contributed by atoms with Crippen molar-refractivity contribution in [2.45, 2.75) is 0 Å². The Balaban J connectivity index is 0. The van der Waals surface area contributed by atoms with Gasteiger partial charge in [-0.2, -0.15) is 0 Å². The van der Waals surface area contributed by atoms with Crippen LogP contribution >= 0.6 is 0 Å². The molecule has 0 radical (unpaired) electrons. The summed E-state index contributed by atoms with van der Waals surface area (Å²) in [6, 6.07) is 0. The molecular weight excluding hydrogens is 131 g/mol. The van der Waals surface area contributed by atoms with Gasteiger partial charge in [0.1, 0.15) is 0 Å². The Hall–Kier alpha value is 0.517. The van der Waals surface area contributed by atoms with Crippen LogP contribution in [0.15, 0.2) is 0 Å². The summed E-state index contributed by atoms with van der Waals surface area (Å²) in [6.45, 7) is 6.17. The second-order valence-corrected chi connectivity index (χ2v) is 3.39. The number of hydrogen-bond acceptors (Lipinski definition) is 2. The zero-order valence-corrected chi connectivity index (χ0v) is 8.59. The van der Waals surface area contributed by atoms with E-state index in [2.05, 4.69) is 44.9 Å². The van der Waals surface area contributed by atoms with Gasteiger partial charge >= 0.3 is 18.9 Å². The molecule has 0 bridgehead atoms. The summed E-state index contributed by atoms with van der Waals surface area (Å²) in [5.41, 5.74) is 0. The molecule has 3 heteroatoms. The van der Waals surface area contributed by atoms with Crippen molar-refractivity contribution < 1.29 is 18.9 Å². The number of hydrogen-bond donors (Lipinski definition) is 0. The van der Waals surface area contributed by atoms with Crippen LogP contribution in [-0.4, -0.2) is 51.1 Å². The first-order chi connectivity index (χ1) is 4.52. The Morgan fingerprint density at radius 2 is 1.27 bits per heavy atom. The Morgan fingerprint density at radius 3 is 1.45 bits per heavy atom. The van der Waals surface area contributed by atoms with Crippen LogP contribution in [0.4, 0.5) is 0 Å². The molecule has 0 saturated carbocycles. The normalized spacial score (nSPS) is 10.9. The minimum Gasteiger partial charge on any atom is -0.338 e. The first-order valence-corrected chi connectivity index (χ1v) is 3.65. The van der Waals surface area contributed by atoms with Crippen LogP contribution in [0.5, 0.6) is 0 Å². The largest absolute Gasteiger partial charge is 1.00 e. The van der Waals surface area contributed by atoms with Crippen LogP contribution in [0, 0.1) is 12.8 Å². The smallest absolute Gasteiger partial charge is 0.338 e. The van der Waals surface area contributed by atoms with Gasteiger partial charge in [-0.25, -0.2) is 0 Å². The van der Waals surface area contributed by atoms with Crippen molar-refractivity contribution >= 4 is 0 Å². The Labute approximate surface area is 83.1 Å². The second-order valence-electron chi connectivity index (χ2n) is 3.39. The molecule has 0 heterocycles. The van der Waals surface area contributed by atoms with Crippen molar-refractivity contribution in [1.29, 1.82) is 0 Å². The predicted molar refractivity (Wildman–Crippen MR) is 46.0 cm³/mol. The fourth-order valence-corrected chi connectivity index (χ4v) is 1.09. The van der Waals surface area contributed by atoms with E-state index in [4.69, 9.17) is 0 Å². The van der Waals surface area contributed by atoms with Crippen molar-refractivity contribution in [3.63, 3.8) is 0 Å². The maximum atomic E-state index is 4.04. The SMILES string of the molecule is [CH2-]C(CN(C)C)CN(C)C.[Li+]. The van der Waals surface area contributed by atoms with E-state index in [9.17, 15) is 0 Å². The summed E-state index contributed by atoms with van der Waals surface area (Å²) in [6.07, 6.45) is 0. The predicted octanol–water partition coefficient (Wildman–Crippen LogP) is -2.44. The molecule has 0 aromatic heterocycles. The third kappa shape index (κ3) is 10.5. The van der Waals surface area contributed by atoms with Crippen LogP contribution in [-0.2, 0) is 0 Å². The van der Waals surface area contributed by atoms with Gasteiger partial charge < -0.3 is 16.7 Å². The van der Waals surface area contributed by atoms with Crippen LogP contribution in [0.1, 0.15) is 0 Å². The molecule has 0 spiro atoms. The van der Waals surface area contributed by atoms with Crippen molar-refractivity contribution in [3.05, 3.63) is 6.92 Å². The molecule has 62 valence electrons. The van der Waals surface area contributed by atoms with Gasteiger partial charge in [-0.15, -0.1) is 5.92 Å². The number of nitrogens with zero attached hydrogens (tertiary/aromatic N) is 2. The Morgan fingerprint density at radius 1 is 1.00 bits per heavy atom. The van der Waals surface area contributed by atoms with E-state index in [1.165, 1.54) is 0 Å². The second kappa shape index (κ2) is 7.18. The molecule has 0 rings (SSSR count). The van der Waals surface area contributed by atoms with Crippen molar-refractivity contribution in [3.8, 4) is 0 Å². The quantitative estimate of drug-likeness (QED) is 0.325. The molecule has 0 aliphatic carbocycles. The van der Waals surface area contributed by atoms with E-state index >= 15 is 0 Å². The Kier molecular flexibility index (Phi) is 9.18. The van der Waals surface area contributed by atoms with Crippen LogP contribution in [0.3, 0.4) is 0 Å². The zero-order valence-electron chi connectivity index (χ0n) is 8.59. The average molecular weight is 150 g/mol. The van der Waals surface area contributed by atoms with Gasteiger partial charge in [0.05, 0.1) is 0 Å². The molecule has 0 N–H and O–H groups in total. The van der Waals surface area contributed by atoms with Gasteiger partial charge in [-0.3, -0.25) is 0 Å². The molecule has 0 unspecified atom stereocenters. The minimum atomic E-state index is 0. The van der Waals surface area contributed by atoms with Crippen molar-refractivity contribution in [2.75, 3.05) is 41.3 Å². The molecule has 0 amide bonds. The molecule has 11 heavy (non-hydrogen) atoms. The minimum absolute atomic E-state index is 0. The molecule has 2 nitrogen and oxygen atoms in total. The molecule has 0 aliphatic heterocycles. The zero-order chi connectivity index (χ0) is 8.15.